The second kappa shape index (κ2) is 15.5. The third-order valence-electron chi connectivity index (χ3n) is 3.50. The summed E-state index contributed by atoms with van der Waals surface area (Å²) in [6.07, 6.45) is 1.85. The Morgan fingerprint density at radius 2 is 0.808 bits per heavy atom. The normalized spacial score (nSPS) is 9.77. The molecular weight excluding hydrogens is 320 g/mol. The summed E-state index contributed by atoms with van der Waals surface area (Å²) in [7, 11) is 0. The van der Waals surface area contributed by atoms with Crippen LogP contribution in [0.3, 0.4) is 0 Å². The van der Waals surface area contributed by atoms with Crippen LogP contribution in [0.5, 0.6) is 11.5 Å². The fraction of sp³-hybridized carbons (Fsp3) is 0.167. The highest BCUT2D eigenvalue weighted by Gasteiger charge is 2.09. The Bertz CT molecular complexity index is 577. The van der Waals surface area contributed by atoms with Crippen molar-refractivity contribution in [2.45, 2.75) is 26.7 Å². The molecule has 0 aliphatic rings. The fourth-order valence-corrected chi connectivity index (χ4v) is 2.51. The van der Waals surface area contributed by atoms with E-state index in [1.165, 1.54) is 11.1 Å². The van der Waals surface area contributed by atoms with Crippen LogP contribution in [0, 0.1) is 0 Å². The minimum absolute atomic E-state index is 0.284. The Morgan fingerprint density at radius 1 is 0.577 bits per heavy atom. The lowest BCUT2D eigenvalue weighted by Crippen LogP contribution is -1.91. The van der Waals surface area contributed by atoms with E-state index in [0.717, 1.165) is 24.0 Å². The molecule has 0 aliphatic heterocycles. The predicted molar refractivity (Wildman–Crippen MR) is 117 cm³/mol. The second-order valence-electron chi connectivity index (χ2n) is 4.76. The minimum atomic E-state index is 0.284. The first kappa shape index (κ1) is 25.2. The van der Waals surface area contributed by atoms with E-state index in [1.54, 1.807) is 24.3 Å². The number of benzene rings is 2. The summed E-state index contributed by atoms with van der Waals surface area (Å²) >= 11 is 0. The topological polar surface area (TPSA) is 40.5 Å². The molecule has 2 nitrogen and oxygen atoms in total. The summed E-state index contributed by atoms with van der Waals surface area (Å²) in [5, 5.41) is 18.8. The molecule has 140 valence electrons. The van der Waals surface area contributed by atoms with Crippen molar-refractivity contribution in [1.82, 2.24) is 0 Å². The van der Waals surface area contributed by atoms with Crippen molar-refractivity contribution in [1.29, 1.82) is 0 Å². The molecule has 2 heteroatoms. The lowest BCUT2D eigenvalue weighted by atomic mass is 9.91. The van der Waals surface area contributed by atoms with Crippen molar-refractivity contribution in [2.24, 2.45) is 0 Å². The quantitative estimate of drug-likeness (QED) is 0.450. The maximum absolute atomic E-state index is 9.41. The van der Waals surface area contributed by atoms with Crippen LogP contribution in [-0.2, 0) is 0 Å². The van der Waals surface area contributed by atoms with Crippen molar-refractivity contribution >= 4 is 11.1 Å². The molecule has 0 aliphatic carbocycles. The first-order chi connectivity index (χ1) is 12.7. The van der Waals surface area contributed by atoms with Gasteiger partial charge in [0, 0.05) is 0 Å². The van der Waals surface area contributed by atoms with Crippen LogP contribution >= 0.6 is 0 Å². The SMILES string of the molecule is C=C.C=C.C=C.CCC(=C(CC)c1ccc(O)cc1)c1ccc(O)cc1. The van der Waals surface area contributed by atoms with Gasteiger partial charge < -0.3 is 10.2 Å². The van der Waals surface area contributed by atoms with Crippen LogP contribution in [0.4, 0.5) is 0 Å². The molecule has 0 saturated heterocycles. The van der Waals surface area contributed by atoms with Crippen LogP contribution in [-0.4, -0.2) is 10.2 Å². The third kappa shape index (κ3) is 7.71. The highest BCUT2D eigenvalue weighted by Crippen LogP contribution is 2.32. The molecule has 2 aromatic rings. The molecular formula is C24H32O2. The summed E-state index contributed by atoms with van der Waals surface area (Å²) in [5.41, 5.74) is 4.82. The highest BCUT2D eigenvalue weighted by atomic mass is 16.3. The van der Waals surface area contributed by atoms with Crippen LogP contribution in [0.1, 0.15) is 37.8 Å². The first-order valence-corrected chi connectivity index (χ1v) is 8.46. The zero-order valence-electron chi connectivity index (χ0n) is 16.2. The Kier molecular flexibility index (Phi) is 15.1. The van der Waals surface area contributed by atoms with Crippen LogP contribution in [0.15, 0.2) is 88.0 Å². The monoisotopic (exact) mass is 352 g/mol. The van der Waals surface area contributed by atoms with E-state index in [9.17, 15) is 10.2 Å². The van der Waals surface area contributed by atoms with Crippen LogP contribution < -0.4 is 0 Å². The number of hydrogen-bond donors (Lipinski definition) is 2. The smallest absolute Gasteiger partial charge is 0.115 e. The van der Waals surface area contributed by atoms with Crippen LogP contribution in [0.25, 0.3) is 11.1 Å². The standard InChI is InChI=1S/C18H20O2.3C2H4/c1-3-17(13-5-9-15(19)10-6-13)18(4-2)14-7-11-16(20)12-8-14;3*1-2/h5-12,19-20H,3-4H2,1-2H3;3*1-2H2. The molecule has 2 rings (SSSR count). The van der Waals surface area contributed by atoms with Gasteiger partial charge in [0.2, 0.25) is 0 Å². The molecule has 26 heavy (non-hydrogen) atoms. The number of allylic oxidation sites excluding steroid dienone is 2. The molecule has 0 spiro atoms. The third-order valence-corrected chi connectivity index (χ3v) is 3.50. The van der Waals surface area contributed by atoms with E-state index in [1.807, 2.05) is 24.3 Å². The Morgan fingerprint density at radius 3 is 1.00 bits per heavy atom. The summed E-state index contributed by atoms with van der Waals surface area (Å²) in [6, 6.07) is 14.7. The van der Waals surface area contributed by atoms with Gasteiger partial charge in [0.15, 0.2) is 0 Å². The van der Waals surface area contributed by atoms with Gasteiger partial charge in [0.1, 0.15) is 11.5 Å². The molecule has 0 atom stereocenters. The van der Waals surface area contributed by atoms with Crippen molar-refractivity contribution < 1.29 is 10.2 Å². The van der Waals surface area contributed by atoms with E-state index in [0.29, 0.717) is 0 Å². The van der Waals surface area contributed by atoms with Gasteiger partial charge in [-0.1, -0.05) is 38.1 Å². The van der Waals surface area contributed by atoms with Crippen molar-refractivity contribution in [3.63, 3.8) is 0 Å². The molecule has 0 unspecified atom stereocenters. The van der Waals surface area contributed by atoms with Gasteiger partial charge >= 0.3 is 0 Å². The van der Waals surface area contributed by atoms with E-state index in [4.69, 9.17) is 0 Å². The minimum Gasteiger partial charge on any atom is -0.508 e. The van der Waals surface area contributed by atoms with Crippen molar-refractivity contribution in [3.8, 4) is 11.5 Å². The van der Waals surface area contributed by atoms with Gasteiger partial charge in [0.05, 0.1) is 0 Å². The van der Waals surface area contributed by atoms with Gasteiger partial charge in [0.25, 0.3) is 0 Å². The molecule has 0 amide bonds. The molecule has 0 aromatic heterocycles. The molecule has 0 bridgehead atoms. The predicted octanol–water partition coefficient (Wildman–Crippen LogP) is 7.24. The van der Waals surface area contributed by atoms with Gasteiger partial charge in [-0.05, 0) is 59.4 Å². The molecule has 0 saturated carbocycles. The maximum atomic E-state index is 9.41. The molecule has 2 aromatic carbocycles. The number of phenolic OH excluding ortho intramolecular Hbond substituents is 2. The number of rotatable bonds is 4. The van der Waals surface area contributed by atoms with Crippen molar-refractivity contribution in [3.05, 3.63) is 99.1 Å². The fourth-order valence-electron chi connectivity index (χ4n) is 2.51. The lowest BCUT2D eigenvalue weighted by molar-refractivity contribution is 0.474. The van der Waals surface area contributed by atoms with Crippen molar-refractivity contribution in [2.75, 3.05) is 0 Å². The Balaban J connectivity index is 0. The molecule has 0 fully saturated rings. The summed E-state index contributed by atoms with van der Waals surface area (Å²) in [6.45, 7) is 22.3. The average molecular weight is 353 g/mol. The van der Waals surface area contributed by atoms with E-state index in [-0.39, 0.29) is 11.5 Å². The van der Waals surface area contributed by atoms with Gasteiger partial charge in [-0.2, -0.15) is 0 Å². The zero-order valence-corrected chi connectivity index (χ0v) is 16.2. The Labute approximate surface area is 159 Å². The van der Waals surface area contributed by atoms with Gasteiger partial charge in [-0.3, -0.25) is 0 Å². The van der Waals surface area contributed by atoms with Crippen LogP contribution in [0.2, 0.25) is 0 Å². The van der Waals surface area contributed by atoms with E-state index >= 15 is 0 Å². The first-order valence-electron chi connectivity index (χ1n) is 8.46. The second-order valence-corrected chi connectivity index (χ2v) is 4.76. The lowest BCUT2D eigenvalue weighted by Gasteiger charge is -2.14. The molecule has 0 heterocycles. The summed E-state index contributed by atoms with van der Waals surface area (Å²) in [5.74, 6) is 0.568. The largest absolute Gasteiger partial charge is 0.508 e. The number of phenols is 2. The number of aromatic hydroxyl groups is 2. The van der Waals surface area contributed by atoms with E-state index in [2.05, 4.69) is 53.3 Å². The van der Waals surface area contributed by atoms with Gasteiger partial charge in [-0.15, -0.1) is 39.5 Å². The molecule has 0 radical (unpaired) electrons. The summed E-state index contributed by atoms with van der Waals surface area (Å²) < 4.78 is 0. The number of hydrogen-bond acceptors (Lipinski definition) is 2. The average Bonchev–Trinajstić information content (AvgIpc) is 2.72. The van der Waals surface area contributed by atoms with E-state index < -0.39 is 0 Å². The zero-order chi connectivity index (χ0) is 20.5. The summed E-state index contributed by atoms with van der Waals surface area (Å²) in [4.78, 5) is 0. The molecule has 2 N–H and O–H groups in total. The maximum Gasteiger partial charge on any atom is 0.115 e. The highest BCUT2D eigenvalue weighted by molar-refractivity contribution is 5.90. The Hall–Kier alpha value is -3.00. The van der Waals surface area contributed by atoms with Gasteiger partial charge in [-0.25, -0.2) is 0 Å².